The predicted molar refractivity (Wildman–Crippen MR) is 88.5 cm³/mol. The number of rotatable bonds is 4. The Labute approximate surface area is 137 Å². The average Bonchev–Trinajstić information content (AvgIpc) is 2.48. The molecule has 1 aliphatic heterocycles. The lowest BCUT2D eigenvalue weighted by Gasteiger charge is -2.30. The van der Waals surface area contributed by atoms with Crippen LogP contribution in [0.5, 0.6) is 5.75 Å². The normalized spacial score (nSPS) is 18.2. The first-order valence-corrected chi connectivity index (χ1v) is 7.84. The molecule has 0 radical (unpaired) electrons. The van der Waals surface area contributed by atoms with Gasteiger partial charge in [0.1, 0.15) is 18.2 Å². The third-order valence-electron chi connectivity index (χ3n) is 3.20. The second-order valence-corrected chi connectivity index (χ2v) is 6.01. The van der Waals surface area contributed by atoms with Crippen LogP contribution >= 0.6 is 22.6 Å². The predicted octanol–water partition coefficient (Wildman–Crippen LogP) is 3.23. The van der Waals surface area contributed by atoms with Crippen molar-refractivity contribution in [2.75, 3.05) is 13.2 Å². The van der Waals surface area contributed by atoms with Gasteiger partial charge in [0.25, 0.3) is 0 Å². The van der Waals surface area contributed by atoms with Crippen LogP contribution in [0.25, 0.3) is 5.70 Å². The fraction of sp³-hybridized carbons (Fsp3) is 0.312. The summed E-state index contributed by atoms with van der Waals surface area (Å²) >= 11 is 2.11. The van der Waals surface area contributed by atoms with Crippen LogP contribution in [0.3, 0.4) is 0 Å². The number of alkyl halides is 1. The van der Waals surface area contributed by atoms with Crippen LogP contribution in [0, 0.1) is 18.2 Å². The molecule has 1 heterocycles. The van der Waals surface area contributed by atoms with E-state index in [-0.39, 0.29) is 16.4 Å². The highest BCUT2D eigenvalue weighted by Crippen LogP contribution is 2.31. The van der Waals surface area contributed by atoms with Crippen molar-refractivity contribution in [3.63, 3.8) is 0 Å². The molecule has 1 aromatic carbocycles. The lowest BCUT2D eigenvalue weighted by atomic mass is 10.0. The van der Waals surface area contributed by atoms with Gasteiger partial charge in [-0.2, -0.15) is 0 Å². The summed E-state index contributed by atoms with van der Waals surface area (Å²) in [5.74, 6) is 2.31. The highest BCUT2D eigenvalue weighted by molar-refractivity contribution is 14.1. The summed E-state index contributed by atoms with van der Waals surface area (Å²) in [4.78, 5) is 13.8. The molecule has 0 aromatic heterocycles. The molecule has 0 bridgehead atoms. The van der Waals surface area contributed by atoms with Crippen molar-refractivity contribution >= 4 is 34.2 Å². The molecule has 1 unspecified atom stereocenters. The molecule has 0 aliphatic carbocycles. The molecule has 0 fully saturated rings. The number of terminal acetylenes is 1. The fourth-order valence-electron chi connectivity index (χ4n) is 2.21. The molecular weight excluding hydrogens is 384 g/mol. The topological polar surface area (TPSA) is 29.5 Å². The molecule has 0 saturated carbocycles. The molecule has 1 aliphatic rings. The van der Waals surface area contributed by atoms with Gasteiger partial charge in [-0.3, -0.25) is 4.79 Å². The molecule has 2 rings (SSSR count). The number of allylic oxidation sites excluding steroid dienone is 1. The van der Waals surface area contributed by atoms with Crippen molar-refractivity contribution in [3.05, 3.63) is 35.7 Å². The van der Waals surface area contributed by atoms with E-state index in [4.69, 9.17) is 11.2 Å². The first-order chi connectivity index (χ1) is 10.1. The number of ether oxygens (including phenoxy) is 1. The molecule has 1 atom stereocenters. The van der Waals surface area contributed by atoms with Crippen LogP contribution in [0.4, 0.5) is 4.39 Å². The maximum Gasteiger partial charge on any atom is 0.240 e. The number of nitrogens with zero attached hydrogens (tertiary/aromatic N) is 1. The third kappa shape index (κ3) is 3.38. The smallest absolute Gasteiger partial charge is 0.240 e. The van der Waals surface area contributed by atoms with E-state index in [0.717, 1.165) is 0 Å². The van der Waals surface area contributed by atoms with Gasteiger partial charge in [-0.15, -0.1) is 6.42 Å². The molecule has 5 heteroatoms. The summed E-state index contributed by atoms with van der Waals surface area (Å²) in [5.41, 5.74) is 1.03. The van der Waals surface area contributed by atoms with E-state index in [1.165, 1.54) is 6.07 Å². The van der Waals surface area contributed by atoms with E-state index in [2.05, 4.69) is 28.5 Å². The van der Waals surface area contributed by atoms with Crippen molar-refractivity contribution in [3.8, 4) is 18.1 Å². The Morgan fingerprint density at radius 3 is 2.95 bits per heavy atom. The van der Waals surface area contributed by atoms with E-state index >= 15 is 0 Å². The van der Waals surface area contributed by atoms with Gasteiger partial charge < -0.3 is 9.64 Å². The minimum Gasteiger partial charge on any atom is -0.481 e. The molecule has 0 saturated heterocycles. The van der Waals surface area contributed by atoms with Gasteiger partial charge in [-0.25, -0.2) is 4.39 Å². The van der Waals surface area contributed by atoms with Crippen molar-refractivity contribution in [1.82, 2.24) is 4.90 Å². The number of amides is 1. The van der Waals surface area contributed by atoms with Crippen LogP contribution < -0.4 is 4.74 Å². The van der Waals surface area contributed by atoms with E-state index in [1.54, 1.807) is 17.0 Å². The molecule has 110 valence electrons. The van der Waals surface area contributed by atoms with E-state index in [0.29, 0.717) is 30.0 Å². The second kappa shape index (κ2) is 6.94. The van der Waals surface area contributed by atoms with Gasteiger partial charge in [0, 0.05) is 23.9 Å². The minimum atomic E-state index is -0.422. The number of halogens is 2. The fourth-order valence-corrected chi connectivity index (χ4v) is 2.80. The average molecular weight is 399 g/mol. The van der Waals surface area contributed by atoms with E-state index < -0.39 is 5.82 Å². The summed E-state index contributed by atoms with van der Waals surface area (Å²) < 4.78 is 19.4. The summed E-state index contributed by atoms with van der Waals surface area (Å²) in [6.07, 6.45) is 7.62. The van der Waals surface area contributed by atoms with Gasteiger partial charge in [0.15, 0.2) is 0 Å². The lowest BCUT2D eigenvalue weighted by molar-refractivity contribution is -0.127. The summed E-state index contributed by atoms with van der Waals surface area (Å²) in [6.45, 7) is 2.49. The van der Waals surface area contributed by atoms with Crippen LogP contribution in [0.1, 0.15) is 18.9 Å². The van der Waals surface area contributed by atoms with Gasteiger partial charge in [-0.1, -0.05) is 34.6 Å². The van der Waals surface area contributed by atoms with Gasteiger partial charge in [-0.05, 0) is 25.5 Å². The van der Waals surface area contributed by atoms with Gasteiger partial charge in [0.2, 0.25) is 5.91 Å². The molecule has 0 N–H and O–H groups in total. The molecule has 0 spiro atoms. The van der Waals surface area contributed by atoms with Crippen molar-refractivity contribution in [2.24, 2.45) is 0 Å². The van der Waals surface area contributed by atoms with Crippen LogP contribution in [0.15, 0.2) is 24.3 Å². The van der Waals surface area contributed by atoms with Crippen LogP contribution in [-0.2, 0) is 4.79 Å². The van der Waals surface area contributed by atoms with Crippen molar-refractivity contribution in [1.29, 1.82) is 0 Å². The molecular formula is C16H15FINO2. The maximum absolute atomic E-state index is 14.3. The largest absolute Gasteiger partial charge is 0.481 e. The van der Waals surface area contributed by atoms with Gasteiger partial charge >= 0.3 is 0 Å². The summed E-state index contributed by atoms with van der Waals surface area (Å²) in [7, 11) is 0. The molecule has 3 nitrogen and oxygen atoms in total. The highest BCUT2D eigenvalue weighted by atomic mass is 127. The number of carbonyl (C=O) groups excluding carboxylic acids is 1. The minimum absolute atomic E-state index is 0.0164. The van der Waals surface area contributed by atoms with Crippen LogP contribution in [0.2, 0.25) is 0 Å². The van der Waals surface area contributed by atoms with E-state index in [9.17, 15) is 9.18 Å². The van der Waals surface area contributed by atoms with Crippen molar-refractivity contribution < 1.29 is 13.9 Å². The SMILES string of the molecule is C#CCOc1ccc(C2=CCC(I)C(=O)N2CC)c(F)c1. The number of carbonyl (C=O) groups is 1. The summed E-state index contributed by atoms with van der Waals surface area (Å²) in [6, 6.07) is 4.57. The molecule has 21 heavy (non-hydrogen) atoms. The Morgan fingerprint density at radius 2 is 2.33 bits per heavy atom. The maximum atomic E-state index is 14.3. The second-order valence-electron chi connectivity index (χ2n) is 4.51. The Balaban J connectivity index is 2.33. The summed E-state index contributed by atoms with van der Waals surface area (Å²) in [5, 5.41) is 0. The number of hydrogen-bond donors (Lipinski definition) is 0. The zero-order chi connectivity index (χ0) is 15.4. The Bertz CT molecular complexity index is 621. The number of hydrogen-bond acceptors (Lipinski definition) is 2. The Morgan fingerprint density at radius 1 is 1.57 bits per heavy atom. The lowest BCUT2D eigenvalue weighted by Crippen LogP contribution is -2.38. The number of benzene rings is 1. The monoisotopic (exact) mass is 399 g/mol. The zero-order valence-electron chi connectivity index (χ0n) is 11.6. The Hall–Kier alpha value is -1.55. The standard InChI is InChI=1S/C16H15FINO2/c1-3-9-21-11-5-6-12(13(17)10-11)15-8-7-14(18)16(20)19(15)4-2/h1,5-6,8,10,14H,4,7,9H2,2H3. The molecule has 1 aromatic rings. The first-order valence-electron chi connectivity index (χ1n) is 6.60. The third-order valence-corrected chi connectivity index (χ3v) is 4.24. The quantitative estimate of drug-likeness (QED) is 0.442. The van der Waals surface area contributed by atoms with Crippen molar-refractivity contribution in [2.45, 2.75) is 17.3 Å². The highest BCUT2D eigenvalue weighted by Gasteiger charge is 2.29. The zero-order valence-corrected chi connectivity index (χ0v) is 13.8. The Kier molecular flexibility index (Phi) is 5.23. The molecule has 1 amide bonds. The van der Waals surface area contributed by atoms with Gasteiger partial charge in [0.05, 0.1) is 3.92 Å². The van der Waals surface area contributed by atoms with Crippen LogP contribution in [-0.4, -0.2) is 27.9 Å². The first kappa shape index (κ1) is 15.8. The van der Waals surface area contributed by atoms with E-state index in [1.807, 2.05) is 13.0 Å².